The molecule has 0 radical (unpaired) electrons. The Bertz CT molecular complexity index is 348. The molecule has 0 aliphatic carbocycles. The molecule has 17 heavy (non-hydrogen) atoms. The summed E-state index contributed by atoms with van der Waals surface area (Å²) >= 11 is 3.17. The van der Waals surface area contributed by atoms with Gasteiger partial charge in [-0.2, -0.15) is 13.2 Å². The topological polar surface area (TPSA) is 9.23 Å². The van der Waals surface area contributed by atoms with Gasteiger partial charge in [0.15, 0.2) is 6.10 Å². The molecule has 1 aromatic rings. The number of alkyl halides is 4. The van der Waals surface area contributed by atoms with Crippen molar-refractivity contribution in [3.63, 3.8) is 0 Å². The number of ether oxygens (including phenoxy) is 1. The van der Waals surface area contributed by atoms with Crippen LogP contribution in [0.3, 0.4) is 0 Å². The number of halogens is 4. The average molecular weight is 311 g/mol. The predicted molar refractivity (Wildman–Crippen MR) is 64.3 cm³/mol. The lowest BCUT2D eigenvalue weighted by atomic mass is 10.1. The first-order chi connectivity index (χ1) is 7.84. The van der Waals surface area contributed by atoms with Crippen LogP contribution >= 0.6 is 15.9 Å². The van der Waals surface area contributed by atoms with Crippen LogP contribution < -0.4 is 0 Å². The van der Waals surface area contributed by atoms with Gasteiger partial charge in [0.1, 0.15) is 0 Å². The molecule has 0 aliphatic heterocycles. The summed E-state index contributed by atoms with van der Waals surface area (Å²) in [5, 5.41) is 0.330. The molecule has 96 valence electrons. The van der Waals surface area contributed by atoms with Crippen molar-refractivity contribution in [3.8, 4) is 0 Å². The predicted octanol–water partition coefficient (Wildman–Crippen LogP) is 4.40. The van der Waals surface area contributed by atoms with Crippen molar-refractivity contribution in [1.82, 2.24) is 0 Å². The van der Waals surface area contributed by atoms with Crippen LogP contribution in [0.25, 0.3) is 0 Å². The molecule has 1 nitrogen and oxygen atoms in total. The maximum Gasteiger partial charge on any atom is 0.414 e. The van der Waals surface area contributed by atoms with E-state index in [2.05, 4.69) is 15.9 Å². The Hall–Kier alpha value is -0.550. The second-order valence-electron chi connectivity index (χ2n) is 3.87. The van der Waals surface area contributed by atoms with Crippen molar-refractivity contribution in [3.05, 3.63) is 35.4 Å². The van der Waals surface area contributed by atoms with Crippen LogP contribution in [0.15, 0.2) is 24.3 Å². The van der Waals surface area contributed by atoms with Crippen molar-refractivity contribution < 1.29 is 17.9 Å². The first kappa shape index (κ1) is 14.5. The molecule has 0 spiro atoms. The van der Waals surface area contributed by atoms with Crippen molar-refractivity contribution in [2.75, 3.05) is 5.33 Å². The molecule has 0 heterocycles. The summed E-state index contributed by atoms with van der Waals surface area (Å²) in [5.41, 5.74) is 1.80. The van der Waals surface area contributed by atoms with E-state index in [-0.39, 0.29) is 0 Å². The lowest BCUT2D eigenvalue weighted by Gasteiger charge is -2.23. The lowest BCUT2D eigenvalue weighted by Crippen LogP contribution is -2.30. The Balaban J connectivity index is 2.75. The van der Waals surface area contributed by atoms with E-state index in [1.165, 1.54) is 0 Å². The van der Waals surface area contributed by atoms with E-state index in [1.54, 1.807) is 12.1 Å². The van der Waals surface area contributed by atoms with E-state index < -0.39 is 18.4 Å². The summed E-state index contributed by atoms with van der Waals surface area (Å²) in [4.78, 5) is 0. The molecule has 1 rings (SSSR count). The number of aryl methyl sites for hydroxylation is 1. The minimum absolute atomic E-state index is 0.330. The van der Waals surface area contributed by atoms with E-state index in [1.807, 2.05) is 19.1 Å². The normalized spacial score (nSPS) is 15.6. The molecule has 0 saturated carbocycles. The minimum Gasteiger partial charge on any atom is -0.360 e. The van der Waals surface area contributed by atoms with Crippen LogP contribution in [0.1, 0.15) is 24.2 Å². The Morgan fingerprint density at radius 1 is 1.24 bits per heavy atom. The maximum atomic E-state index is 12.4. The largest absolute Gasteiger partial charge is 0.414 e. The SMILES string of the molecule is Cc1ccc(C(CBr)OC(C)C(F)(F)F)cc1. The molecule has 0 aliphatic rings. The molecule has 0 aromatic heterocycles. The summed E-state index contributed by atoms with van der Waals surface area (Å²) in [7, 11) is 0. The fourth-order valence-corrected chi connectivity index (χ4v) is 1.84. The van der Waals surface area contributed by atoms with Crippen molar-refractivity contribution in [1.29, 1.82) is 0 Å². The Morgan fingerprint density at radius 3 is 2.18 bits per heavy atom. The first-order valence-corrected chi connectivity index (χ1v) is 6.31. The molecule has 0 N–H and O–H groups in total. The second-order valence-corrected chi connectivity index (χ2v) is 4.52. The van der Waals surface area contributed by atoms with Crippen LogP contribution in [-0.4, -0.2) is 17.6 Å². The summed E-state index contributed by atoms with van der Waals surface area (Å²) in [5.74, 6) is 0. The molecule has 1 aromatic carbocycles. The molecule has 0 amide bonds. The van der Waals surface area contributed by atoms with Gasteiger partial charge < -0.3 is 4.74 Å². The molecule has 0 bridgehead atoms. The molecule has 2 atom stereocenters. The van der Waals surface area contributed by atoms with Crippen molar-refractivity contribution in [2.24, 2.45) is 0 Å². The smallest absolute Gasteiger partial charge is 0.360 e. The van der Waals surface area contributed by atoms with Gasteiger partial charge in [-0.1, -0.05) is 45.8 Å². The van der Waals surface area contributed by atoms with E-state index in [9.17, 15) is 13.2 Å². The number of rotatable bonds is 4. The highest BCUT2D eigenvalue weighted by molar-refractivity contribution is 9.09. The number of hydrogen-bond donors (Lipinski definition) is 0. The third-order valence-corrected chi connectivity index (χ3v) is 3.01. The Morgan fingerprint density at radius 2 is 1.76 bits per heavy atom. The van der Waals surface area contributed by atoms with Gasteiger partial charge in [0, 0.05) is 5.33 Å². The van der Waals surface area contributed by atoms with E-state index in [4.69, 9.17) is 4.74 Å². The quantitative estimate of drug-likeness (QED) is 0.749. The van der Waals surface area contributed by atoms with Gasteiger partial charge in [0.25, 0.3) is 0 Å². The fourth-order valence-electron chi connectivity index (χ4n) is 1.31. The van der Waals surface area contributed by atoms with E-state index in [0.29, 0.717) is 5.33 Å². The van der Waals surface area contributed by atoms with Gasteiger partial charge in [-0.15, -0.1) is 0 Å². The first-order valence-electron chi connectivity index (χ1n) is 5.19. The summed E-state index contributed by atoms with van der Waals surface area (Å²) < 4.78 is 42.2. The standard InChI is InChI=1S/C12H14BrF3O/c1-8-3-5-10(6-4-8)11(7-13)17-9(2)12(14,15)16/h3-6,9,11H,7H2,1-2H3. The molecular weight excluding hydrogens is 297 g/mol. The zero-order valence-corrected chi connectivity index (χ0v) is 11.2. The van der Waals surface area contributed by atoms with Gasteiger partial charge >= 0.3 is 6.18 Å². The van der Waals surface area contributed by atoms with E-state index >= 15 is 0 Å². The van der Waals surface area contributed by atoms with Crippen LogP contribution in [-0.2, 0) is 4.74 Å². The lowest BCUT2D eigenvalue weighted by molar-refractivity contribution is -0.225. The van der Waals surface area contributed by atoms with Crippen molar-refractivity contribution in [2.45, 2.75) is 32.2 Å². The zero-order valence-electron chi connectivity index (χ0n) is 9.59. The minimum atomic E-state index is -4.33. The molecule has 2 unspecified atom stereocenters. The van der Waals surface area contributed by atoms with Gasteiger partial charge in [-0.05, 0) is 19.4 Å². The van der Waals surface area contributed by atoms with Crippen LogP contribution in [0, 0.1) is 6.92 Å². The number of hydrogen-bond acceptors (Lipinski definition) is 1. The molecule has 0 fully saturated rings. The van der Waals surface area contributed by atoms with Crippen molar-refractivity contribution >= 4 is 15.9 Å². The summed E-state index contributed by atoms with van der Waals surface area (Å²) in [6.07, 6.45) is -6.69. The molecule has 0 saturated heterocycles. The maximum absolute atomic E-state index is 12.4. The zero-order chi connectivity index (χ0) is 13.1. The van der Waals surface area contributed by atoms with Crippen LogP contribution in [0.5, 0.6) is 0 Å². The summed E-state index contributed by atoms with van der Waals surface area (Å²) in [6, 6.07) is 7.27. The highest BCUT2D eigenvalue weighted by Crippen LogP contribution is 2.29. The van der Waals surface area contributed by atoms with Crippen LogP contribution in [0.4, 0.5) is 13.2 Å². The van der Waals surface area contributed by atoms with Crippen LogP contribution in [0.2, 0.25) is 0 Å². The Kier molecular flexibility index (Phi) is 5.01. The number of benzene rings is 1. The highest BCUT2D eigenvalue weighted by Gasteiger charge is 2.38. The molecule has 5 heteroatoms. The van der Waals surface area contributed by atoms with Gasteiger partial charge in [-0.3, -0.25) is 0 Å². The third-order valence-electron chi connectivity index (χ3n) is 2.42. The fraction of sp³-hybridized carbons (Fsp3) is 0.500. The van der Waals surface area contributed by atoms with Gasteiger partial charge in [0.05, 0.1) is 6.10 Å². The highest BCUT2D eigenvalue weighted by atomic mass is 79.9. The Labute approximate surface area is 107 Å². The summed E-state index contributed by atoms with van der Waals surface area (Å²) in [6.45, 7) is 2.94. The third kappa shape index (κ3) is 4.32. The second kappa shape index (κ2) is 5.87. The van der Waals surface area contributed by atoms with Gasteiger partial charge in [0.2, 0.25) is 0 Å². The van der Waals surface area contributed by atoms with Gasteiger partial charge in [-0.25, -0.2) is 0 Å². The van der Waals surface area contributed by atoms with E-state index in [0.717, 1.165) is 18.1 Å². The average Bonchev–Trinajstić information content (AvgIpc) is 2.25. The molecular formula is C12H14BrF3O. The monoisotopic (exact) mass is 310 g/mol.